The van der Waals surface area contributed by atoms with Gasteiger partial charge in [-0.15, -0.1) is 0 Å². The molecule has 2 rings (SSSR count). The van der Waals surface area contributed by atoms with Crippen molar-refractivity contribution in [1.29, 1.82) is 0 Å². The third kappa shape index (κ3) is 4.22. The van der Waals surface area contributed by atoms with Crippen LogP contribution in [0, 0.1) is 5.41 Å². The maximum Gasteiger partial charge on any atom is 0.412 e. The summed E-state index contributed by atoms with van der Waals surface area (Å²) in [5.74, 6) is 0. The number of nitrogens with zero attached hydrogens (tertiary/aromatic N) is 1. The van der Waals surface area contributed by atoms with Crippen LogP contribution in [-0.4, -0.2) is 25.0 Å². The monoisotopic (exact) mass is 425 g/mol. The Morgan fingerprint density at radius 1 is 1.04 bits per heavy atom. The molecule has 0 bridgehead atoms. The molecule has 1 atom stereocenters. The van der Waals surface area contributed by atoms with Crippen LogP contribution in [0.25, 0.3) is 0 Å². The lowest BCUT2D eigenvalue weighted by atomic mass is 9.95. The van der Waals surface area contributed by atoms with Crippen molar-refractivity contribution in [1.82, 2.24) is 0 Å². The molecule has 0 spiro atoms. The lowest BCUT2D eigenvalue weighted by Crippen LogP contribution is -2.51. The fourth-order valence-electron chi connectivity index (χ4n) is 2.68. The minimum absolute atomic E-state index is 0.0956. The molecule has 0 radical (unpaired) electrons. The molecule has 0 aliphatic heterocycles. The molecule has 0 aliphatic carbocycles. The Kier molecular flexibility index (Phi) is 5.58. The Hall–Kier alpha value is -1.86. The van der Waals surface area contributed by atoms with E-state index in [1.807, 2.05) is 0 Å². The number of halogens is 1. The zero-order chi connectivity index (χ0) is 18.8. The van der Waals surface area contributed by atoms with E-state index in [1.165, 1.54) is 12.1 Å². The summed E-state index contributed by atoms with van der Waals surface area (Å²) in [6.07, 6.45) is -1.32. The van der Waals surface area contributed by atoms with Gasteiger partial charge in [0.25, 0.3) is 0 Å². The van der Waals surface area contributed by atoms with Gasteiger partial charge < -0.3 is 5.11 Å². The second kappa shape index (κ2) is 7.17. The summed E-state index contributed by atoms with van der Waals surface area (Å²) < 4.78 is 27.3. The minimum atomic E-state index is -3.93. The number of carboxylic acid groups (broad SMARTS) is 1. The van der Waals surface area contributed by atoms with Crippen molar-refractivity contribution in [3.05, 3.63) is 59.1 Å². The number of hydrogen-bond acceptors (Lipinski definition) is 3. The molecule has 0 fully saturated rings. The number of anilines is 1. The average molecular weight is 426 g/mol. The third-order valence-electron chi connectivity index (χ3n) is 3.65. The van der Waals surface area contributed by atoms with Gasteiger partial charge in [0, 0.05) is 10.2 Å². The highest BCUT2D eigenvalue weighted by molar-refractivity contribution is 9.10. The molecule has 0 saturated heterocycles. The maximum atomic E-state index is 13.3. The van der Waals surface area contributed by atoms with E-state index >= 15 is 0 Å². The summed E-state index contributed by atoms with van der Waals surface area (Å²) in [4.78, 5) is 13.0. The molecule has 0 saturated carbocycles. The van der Waals surface area contributed by atoms with Crippen LogP contribution in [0.1, 0.15) is 20.8 Å². The van der Waals surface area contributed by atoms with Gasteiger partial charge in [0.15, 0.2) is 15.2 Å². The van der Waals surface area contributed by atoms with Gasteiger partial charge in [-0.05, 0) is 41.8 Å². The quantitative estimate of drug-likeness (QED) is 0.764. The molecule has 7 heteroatoms. The highest BCUT2D eigenvalue weighted by Crippen LogP contribution is 2.36. The highest BCUT2D eigenvalue weighted by Gasteiger charge is 2.44. The Balaban J connectivity index is 2.67. The summed E-state index contributed by atoms with van der Waals surface area (Å²) in [5, 5.41) is 8.51. The average Bonchev–Trinajstić information content (AvgIpc) is 2.52. The van der Waals surface area contributed by atoms with Crippen LogP contribution in [-0.2, 0) is 9.84 Å². The first kappa shape index (κ1) is 19.5. The first-order valence-electron chi connectivity index (χ1n) is 7.62. The highest BCUT2D eigenvalue weighted by atomic mass is 79.9. The molecule has 2 aromatic rings. The zero-order valence-corrected chi connectivity index (χ0v) is 16.6. The summed E-state index contributed by atoms with van der Waals surface area (Å²) in [7, 11) is -3.93. The number of hydrogen-bond donors (Lipinski definition) is 1. The van der Waals surface area contributed by atoms with Crippen LogP contribution in [0.4, 0.5) is 10.5 Å². The smallest absolute Gasteiger partial charge is 0.412 e. The van der Waals surface area contributed by atoms with Gasteiger partial charge in [-0.1, -0.05) is 54.9 Å². The molecular formula is C18H20BrNO4S. The molecule has 0 aliphatic rings. The standard InChI is InChI=1S/C18H20BrNO4S/c1-18(2,3)16(25(23,24)15-7-5-4-6-8-15)20(17(21)22)14-11-9-13(19)10-12-14/h4-12,16H,1-3H3,(H,21,22). The summed E-state index contributed by atoms with van der Waals surface area (Å²) >= 11 is 3.30. The Morgan fingerprint density at radius 3 is 2.00 bits per heavy atom. The van der Waals surface area contributed by atoms with Gasteiger partial charge in [0.05, 0.1) is 4.90 Å². The van der Waals surface area contributed by atoms with Crippen LogP contribution < -0.4 is 4.90 Å². The predicted octanol–water partition coefficient (Wildman–Crippen LogP) is 4.78. The largest absolute Gasteiger partial charge is 0.465 e. The third-order valence-corrected chi connectivity index (χ3v) is 6.62. The van der Waals surface area contributed by atoms with Gasteiger partial charge in [-0.25, -0.2) is 13.2 Å². The maximum absolute atomic E-state index is 13.3. The van der Waals surface area contributed by atoms with Gasteiger partial charge in [0.1, 0.15) is 0 Å². The number of rotatable bonds is 4. The SMILES string of the molecule is CC(C)(C)C(N(C(=O)O)c1ccc(Br)cc1)S(=O)(=O)c1ccccc1. The van der Waals surface area contributed by atoms with Crippen molar-refractivity contribution in [2.45, 2.75) is 31.0 Å². The van der Waals surface area contributed by atoms with Gasteiger partial charge in [-0.2, -0.15) is 0 Å². The van der Waals surface area contributed by atoms with Gasteiger partial charge in [-0.3, -0.25) is 4.90 Å². The molecule has 5 nitrogen and oxygen atoms in total. The Bertz CT molecular complexity index is 843. The van der Waals surface area contributed by atoms with Gasteiger partial charge in [0.2, 0.25) is 0 Å². The fraction of sp³-hybridized carbons (Fsp3) is 0.278. The van der Waals surface area contributed by atoms with E-state index in [-0.39, 0.29) is 4.90 Å². The number of benzene rings is 2. The summed E-state index contributed by atoms with van der Waals surface area (Å²) in [5.41, 5.74) is -0.546. The van der Waals surface area contributed by atoms with Crippen LogP contribution in [0.3, 0.4) is 0 Å². The molecule has 0 heterocycles. The van der Waals surface area contributed by atoms with Crippen molar-refractivity contribution >= 4 is 37.5 Å². The first-order valence-corrected chi connectivity index (χ1v) is 9.96. The second-order valence-electron chi connectivity index (χ2n) is 6.71. The molecule has 1 amide bonds. The zero-order valence-electron chi connectivity index (χ0n) is 14.2. The van der Waals surface area contributed by atoms with Crippen molar-refractivity contribution < 1.29 is 18.3 Å². The van der Waals surface area contributed by atoms with E-state index in [2.05, 4.69) is 15.9 Å². The number of amides is 1. The van der Waals surface area contributed by atoms with E-state index in [0.717, 1.165) is 9.37 Å². The first-order chi connectivity index (χ1) is 11.5. The molecule has 1 N–H and O–H groups in total. The van der Waals surface area contributed by atoms with Gasteiger partial charge >= 0.3 is 6.09 Å². The summed E-state index contributed by atoms with van der Waals surface area (Å²) in [6, 6.07) is 14.4. The van der Waals surface area contributed by atoms with E-state index in [1.54, 1.807) is 63.2 Å². The van der Waals surface area contributed by atoms with Crippen LogP contribution in [0.5, 0.6) is 0 Å². The lowest BCUT2D eigenvalue weighted by Gasteiger charge is -2.37. The molecule has 1 unspecified atom stereocenters. The van der Waals surface area contributed by atoms with E-state index < -0.39 is 26.7 Å². The minimum Gasteiger partial charge on any atom is -0.465 e. The van der Waals surface area contributed by atoms with Crippen molar-refractivity contribution in [3.8, 4) is 0 Å². The van der Waals surface area contributed by atoms with Crippen LogP contribution in [0.15, 0.2) is 64.0 Å². The molecule has 0 aromatic heterocycles. The molecular weight excluding hydrogens is 406 g/mol. The Morgan fingerprint density at radius 2 is 1.56 bits per heavy atom. The molecule has 25 heavy (non-hydrogen) atoms. The number of sulfone groups is 1. The van der Waals surface area contributed by atoms with Crippen molar-refractivity contribution in [3.63, 3.8) is 0 Å². The van der Waals surface area contributed by atoms with Crippen molar-refractivity contribution in [2.75, 3.05) is 4.90 Å². The van der Waals surface area contributed by atoms with E-state index in [9.17, 15) is 18.3 Å². The fourth-order valence-corrected chi connectivity index (χ4v) is 5.16. The summed E-state index contributed by atoms with van der Waals surface area (Å²) in [6.45, 7) is 5.15. The van der Waals surface area contributed by atoms with E-state index in [0.29, 0.717) is 5.69 Å². The second-order valence-corrected chi connectivity index (χ2v) is 9.63. The lowest BCUT2D eigenvalue weighted by molar-refractivity contribution is 0.195. The molecule has 2 aromatic carbocycles. The predicted molar refractivity (Wildman–Crippen MR) is 102 cm³/mol. The Labute approximate surface area is 156 Å². The topological polar surface area (TPSA) is 74.7 Å². The van der Waals surface area contributed by atoms with E-state index in [4.69, 9.17) is 0 Å². The van der Waals surface area contributed by atoms with Crippen LogP contribution >= 0.6 is 15.9 Å². The molecule has 134 valence electrons. The number of carbonyl (C=O) groups is 1. The van der Waals surface area contributed by atoms with Crippen molar-refractivity contribution in [2.24, 2.45) is 5.41 Å². The van der Waals surface area contributed by atoms with Crippen LogP contribution in [0.2, 0.25) is 0 Å². The normalized spacial score (nSPS) is 13.3.